The Morgan fingerprint density at radius 2 is 1.48 bits per heavy atom. The van der Waals surface area contributed by atoms with E-state index >= 15 is 0 Å². The van der Waals surface area contributed by atoms with Gasteiger partial charge in [0, 0.05) is 12.8 Å². The van der Waals surface area contributed by atoms with Gasteiger partial charge in [0.2, 0.25) is 0 Å². The molecule has 1 unspecified atom stereocenters. The van der Waals surface area contributed by atoms with Crippen LogP contribution in [-0.4, -0.2) is 36.4 Å². The summed E-state index contributed by atoms with van der Waals surface area (Å²) in [5, 5.41) is 9.56. The lowest BCUT2D eigenvalue weighted by atomic mass is 10.1. The molecule has 1 N–H and O–H groups in total. The summed E-state index contributed by atoms with van der Waals surface area (Å²) in [4.78, 5) is 23.1. The second-order valence-electron chi connectivity index (χ2n) is 6.92. The van der Waals surface area contributed by atoms with Gasteiger partial charge < -0.3 is 14.6 Å². The van der Waals surface area contributed by atoms with Crippen LogP contribution in [0.3, 0.4) is 0 Å². The molecular formula is C28H30O5. The fourth-order valence-electron chi connectivity index (χ4n) is 2.51. The van der Waals surface area contributed by atoms with E-state index in [1.807, 2.05) is 25.1 Å². The molecule has 0 aliphatic carbocycles. The van der Waals surface area contributed by atoms with Crippen molar-refractivity contribution in [3.8, 4) is 47.4 Å². The van der Waals surface area contributed by atoms with E-state index in [4.69, 9.17) is 4.74 Å². The second-order valence-corrected chi connectivity index (χ2v) is 6.92. The summed E-state index contributed by atoms with van der Waals surface area (Å²) < 4.78 is 10.0. The number of rotatable bonds is 8. The van der Waals surface area contributed by atoms with Crippen LogP contribution in [0.4, 0.5) is 0 Å². The van der Waals surface area contributed by atoms with Crippen LogP contribution in [0.5, 0.6) is 0 Å². The van der Waals surface area contributed by atoms with Crippen LogP contribution in [0.15, 0.2) is 30.3 Å². The highest BCUT2D eigenvalue weighted by molar-refractivity contribution is 5.89. The average Bonchev–Trinajstić information content (AvgIpc) is 2.83. The van der Waals surface area contributed by atoms with Gasteiger partial charge in [-0.05, 0) is 25.0 Å². The Balaban J connectivity index is 2.19. The van der Waals surface area contributed by atoms with Crippen molar-refractivity contribution < 1.29 is 24.2 Å². The van der Waals surface area contributed by atoms with Crippen molar-refractivity contribution in [1.82, 2.24) is 0 Å². The number of carbonyl (C=O) groups excluding carboxylic acids is 2. The highest BCUT2D eigenvalue weighted by Gasteiger charge is 2.13. The number of methoxy groups -OCH3 is 1. The van der Waals surface area contributed by atoms with Crippen LogP contribution in [0, 0.1) is 47.4 Å². The van der Waals surface area contributed by atoms with Gasteiger partial charge in [0.1, 0.15) is 6.10 Å². The Morgan fingerprint density at radius 1 is 0.909 bits per heavy atom. The molecule has 1 aromatic carbocycles. The minimum absolute atomic E-state index is 0.0593. The van der Waals surface area contributed by atoms with Gasteiger partial charge in [0.15, 0.2) is 0 Å². The summed E-state index contributed by atoms with van der Waals surface area (Å²) in [6.45, 7) is 1.99. The summed E-state index contributed by atoms with van der Waals surface area (Å²) in [6.07, 6.45) is 2.59. The zero-order valence-corrected chi connectivity index (χ0v) is 19.3. The Morgan fingerprint density at radius 3 is 2.06 bits per heavy atom. The molecule has 0 spiro atoms. The SMILES string of the molecule is CCC(CCC#CCC#CCC#CCC#CC[C@@H](O)CC(=O)OC)OC(=O)c1ccccc1. The largest absolute Gasteiger partial charge is 0.469 e. The molecule has 0 saturated carbocycles. The predicted octanol–water partition coefficient (Wildman–Crippen LogP) is 3.90. The summed E-state index contributed by atoms with van der Waals surface area (Å²) >= 11 is 0. The van der Waals surface area contributed by atoms with E-state index in [-0.39, 0.29) is 24.9 Å². The standard InChI is InChI=1S/C28H30O5/c1-3-26(33-28(31)24-19-15-14-16-20-24)22-18-13-11-9-7-5-4-6-8-10-12-17-21-25(29)23-27(30)32-2/h14-16,19-20,25-26,29H,3-4,9-10,18,21-23H2,1-2H3/t25-,26?/m1/s1. The molecule has 1 rings (SSSR count). The maximum atomic E-state index is 12.1. The number of aliphatic hydroxyl groups excluding tert-OH is 1. The average molecular weight is 447 g/mol. The van der Waals surface area contributed by atoms with Gasteiger partial charge in [-0.25, -0.2) is 4.79 Å². The molecule has 33 heavy (non-hydrogen) atoms. The molecule has 0 bridgehead atoms. The first-order valence-corrected chi connectivity index (χ1v) is 10.9. The number of hydrogen-bond donors (Lipinski definition) is 1. The van der Waals surface area contributed by atoms with Crippen LogP contribution >= 0.6 is 0 Å². The number of ether oxygens (including phenoxy) is 2. The van der Waals surface area contributed by atoms with Gasteiger partial charge in [0.05, 0.1) is 44.5 Å². The Hall–Kier alpha value is -3.64. The molecule has 0 radical (unpaired) electrons. The Labute approximate surface area is 197 Å². The molecule has 172 valence electrons. The molecule has 0 aliphatic heterocycles. The van der Waals surface area contributed by atoms with E-state index in [1.54, 1.807) is 12.1 Å². The van der Waals surface area contributed by atoms with E-state index < -0.39 is 12.1 Å². The third-order valence-electron chi connectivity index (χ3n) is 4.33. The van der Waals surface area contributed by atoms with Crippen molar-refractivity contribution in [2.24, 2.45) is 0 Å². The monoisotopic (exact) mass is 446 g/mol. The van der Waals surface area contributed by atoms with Crippen molar-refractivity contribution in [2.75, 3.05) is 7.11 Å². The smallest absolute Gasteiger partial charge is 0.338 e. The first kappa shape index (κ1) is 27.4. The number of esters is 2. The lowest BCUT2D eigenvalue weighted by Crippen LogP contribution is -2.17. The van der Waals surface area contributed by atoms with Gasteiger partial charge in [-0.3, -0.25) is 4.79 Å². The van der Waals surface area contributed by atoms with Crippen molar-refractivity contribution in [3.05, 3.63) is 35.9 Å². The van der Waals surface area contributed by atoms with Crippen LogP contribution in [0.2, 0.25) is 0 Å². The normalized spacial score (nSPS) is 10.9. The Kier molecular flexibility index (Phi) is 14.9. The molecule has 1 aromatic rings. The summed E-state index contributed by atoms with van der Waals surface area (Å²) in [5.74, 6) is 22.6. The topological polar surface area (TPSA) is 72.8 Å². The highest BCUT2D eigenvalue weighted by atomic mass is 16.5. The van der Waals surface area contributed by atoms with E-state index in [0.29, 0.717) is 37.7 Å². The Bertz CT molecular complexity index is 981. The fourth-order valence-corrected chi connectivity index (χ4v) is 2.51. The van der Waals surface area contributed by atoms with Gasteiger partial charge in [-0.15, -0.1) is 5.92 Å². The van der Waals surface area contributed by atoms with Gasteiger partial charge in [0.25, 0.3) is 0 Å². The zero-order valence-electron chi connectivity index (χ0n) is 19.3. The zero-order chi connectivity index (χ0) is 24.2. The highest BCUT2D eigenvalue weighted by Crippen LogP contribution is 2.10. The van der Waals surface area contributed by atoms with Gasteiger partial charge in [-0.1, -0.05) is 66.6 Å². The summed E-state index contributed by atoms with van der Waals surface area (Å²) in [5.41, 5.74) is 0.557. The molecule has 2 atom stereocenters. The van der Waals surface area contributed by atoms with Crippen molar-refractivity contribution in [2.45, 2.75) is 70.5 Å². The third kappa shape index (κ3) is 14.1. The van der Waals surface area contributed by atoms with Crippen molar-refractivity contribution in [1.29, 1.82) is 0 Å². The lowest BCUT2D eigenvalue weighted by Gasteiger charge is -2.14. The quantitative estimate of drug-likeness (QED) is 0.484. The summed E-state index contributed by atoms with van der Waals surface area (Å²) in [7, 11) is 1.28. The van der Waals surface area contributed by atoms with E-state index in [0.717, 1.165) is 6.42 Å². The van der Waals surface area contributed by atoms with Crippen LogP contribution in [-0.2, 0) is 14.3 Å². The number of aliphatic hydroxyl groups is 1. The van der Waals surface area contributed by atoms with E-state index in [1.165, 1.54) is 7.11 Å². The number of carbonyl (C=O) groups is 2. The van der Waals surface area contributed by atoms with Crippen molar-refractivity contribution >= 4 is 11.9 Å². The van der Waals surface area contributed by atoms with Crippen molar-refractivity contribution in [3.63, 3.8) is 0 Å². The van der Waals surface area contributed by atoms with E-state index in [9.17, 15) is 14.7 Å². The lowest BCUT2D eigenvalue weighted by molar-refractivity contribution is -0.142. The third-order valence-corrected chi connectivity index (χ3v) is 4.33. The minimum atomic E-state index is -0.818. The predicted molar refractivity (Wildman–Crippen MR) is 127 cm³/mol. The number of benzene rings is 1. The first-order valence-electron chi connectivity index (χ1n) is 10.9. The molecule has 5 heteroatoms. The molecule has 0 saturated heterocycles. The molecule has 0 aliphatic rings. The van der Waals surface area contributed by atoms with Crippen LogP contribution < -0.4 is 0 Å². The fraction of sp³-hybridized carbons (Fsp3) is 0.429. The molecule has 0 fully saturated rings. The summed E-state index contributed by atoms with van der Waals surface area (Å²) in [6, 6.07) is 8.97. The van der Waals surface area contributed by atoms with Gasteiger partial charge in [-0.2, -0.15) is 0 Å². The molecule has 5 nitrogen and oxygen atoms in total. The second kappa shape index (κ2) is 18.0. The molecule has 0 heterocycles. The number of hydrogen-bond acceptors (Lipinski definition) is 5. The van der Waals surface area contributed by atoms with E-state index in [2.05, 4.69) is 52.1 Å². The van der Waals surface area contributed by atoms with Gasteiger partial charge >= 0.3 is 11.9 Å². The molecular weight excluding hydrogens is 416 g/mol. The minimum Gasteiger partial charge on any atom is -0.469 e. The first-order chi connectivity index (χ1) is 16.1. The molecule has 0 aromatic heterocycles. The molecule has 0 amide bonds. The maximum absolute atomic E-state index is 12.1. The maximum Gasteiger partial charge on any atom is 0.338 e. The van der Waals surface area contributed by atoms with Crippen LogP contribution in [0.1, 0.15) is 68.6 Å². The van der Waals surface area contributed by atoms with Crippen LogP contribution in [0.25, 0.3) is 0 Å².